The molecular formula is C27H23ClN2O4S. The van der Waals surface area contributed by atoms with Gasteiger partial charge in [-0.05, 0) is 49.7 Å². The second-order valence-corrected chi connectivity index (χ2v) is 9.41. The summed E-state index contributed by atoms with van der Waals surface area (Å²) in [5.74, 6) is -0.661. The number of hydrogen-bond acceptors (Lipinski definition) is 5. The van der Waals surface area contributed by atoms with Gasteiger partial charge in [-0.25, -0.2) is 9.78 Å². The van der Waals surface area contributed by atoms with Gasteiger partial charge in [-0.2, -0.15) is 0 Å². The van der Waals surface area contributed by atoms with Crippen LogP contribution < -0.4 is 10.1 Å². The number of methoxy groups -OCH3 is 1. The van der Waals surface area contributed by atoms with Gasteiger partial charge in [-0.15, -0.1) is 11.3 Å². The van der Waals surface area contributed by atoms with Gasteiger partial charge in [0.05, 0.1) is 18.4 Å². The Bertz CT molecular complexity index is 1410. The van der Waals surface area contributed by atoms with Crippen molar-refractivity contribution in [2.45, 2.75) is 20.4 Å². The summed E-state index contributed by atoms with van der Waals surface area (Å²) in [5, 5.41) is 13.5. The van der Waals surface area contributed by atoms with Gasteiger partial charge in [0.2, 0.25) is 0 Å². The highest BCUT2D eigenvalue weighted by Crippen LogP contribution is 2.33. The number of carboxylic acid groups (broad SMARTS) is 1. The van der Waals surface area contributed by atoms with E-state index in [9.17, 15) is 14.7 Å². The summed E-state index contributed by atoms with van der Waals surface area (Å²) in [6.07, 6.45) is 0. The summed E-state index contributed by atoms with van der Waals surface area (Å²) in [7, 11) is 1.56. The molecular weight excluding hydrogens is 484 g/mol. The van der Waals surface area contributed by atoms with Crippen LogP contribution in [0.2, 0.25) is 5.02 Å². The summed E-state index contributed by atoms with van der Waals surface area (Å²) in [4.78, 5) is 29.5. The number of carbonyl (C=O) groups excluding carboxylic acids is 1. The van der Waals surface area contributed by atoms with Gasteiger partial charge in [0.25, 0.3) is 5.91 Å². The molecule has 4 aromatic rings. The Morgan fingerprint density at radius 3 is 2.43 bits per heavy atom. The van der Waals surface area contributed by atoms with Crippen molar-refractivity contribution >= 4 is 34.8 Å². The molecule has 0 saturated carbocycles. The third-order valence-electron chi connectivity index (χ3n) is 5.55. The standard InChI is InChI=1S/C27H23ClN2O4S/c1-15-4-6-17(7-5-15)26-30-16(2)24(35-26)25(31)29-14-20-12-18(9-11-23(20)34-3)21-13-19(27(32)33)8-10-22(21)28/h4-13H,14H2,1-3H3,(H,29,31)(H,32,33). The normalized spacial score (nSPS) is 10.7. The first-order valence-electron chi connectivity index (χ1n) is 10.8. The lowest BCUT2D eigenvalue weighted by atomic mass is 10.00. The number of ether oxygens (including phenoxy) is 1. The molecule has 3 aromatic carbocycles. The van der Waals surface area contributed by atoms with Gasteiger partial charge < -0.3 is 15.2 Å². The van der Waals surface area contributed by atoms with Crippen LogP contribution in [0.25, 0.3) is 21.7 Å². The van der Waals surface area contributed by atoms with Crippen molar-refractivity contribution in [1.29, 1.82) is 0 Å². The molecule has 35 heavy (non-hydrogen) atoms. The van der Waals surface area contributed by atoms with Crippen molar-refractivity contribution < 1.29 is 19.4 Å². The number of halogens is 1. The Morgan fingerprint density at radius 2 is 1.74 bits per heavy atom. The van der Waals surface area contributed by atoms with Crippen molar-refractivity contribution in [2.24, 2.45) is 0 Å². The predicted molar refractivity (Wildman–Crippen MR) is 139 cm³/mol. The maximum atomic E-state index is 13.0. The fraction of sp³-hybridized carbons (Fsp3) is 0.148. The van der Waals surface area contributed by atoms with Crippen LogP contribution >= 0.6 is 22.9 Å². The zero-order valence-corrected chi connectivity index (χ0v) is 21.0. The zero-order valence-electron chi connectivity index (χ0n) is 19.4. The number of benzene rings is 3. The van der Waals surface area contributed by atoms with Crippen LogP contribution in [0.4, 0.5) is 0 Å². The third kappa shape index (κ3) is 5.37. The highest BCUT2D eigenvalue weighted by Gasteiger charge is 2.17. The number of aryl methyl sites for hydroxylation is 2. The van der Waals surface area contributed by atoms with E-state index in [2.05, 4.69) is 10.3 Å². The van der Waals surface area contributed by atoms with Crippen LogP contribution in [-0.2, 0) is 6.54 Å². The minimum absolute atomic E-state index is 0.139. The summed E-state index contributed by atoms with van der Waals surface area (Å²) in [6, 6.07) is 18.0. The Hall–Kier alpha value is -3.68. The highest BCUT2D eigenvalue weighted by atomic mass is 35.5. The molecule has 1 heterocycles. The topological polar surface area (TPSA) is 88.5 Å². The number of aromatic nitrogens is 1. The monoisotopic (exact) mass is 506 g/mol. The van der Waals surface area contributed by atoms with Crippen molar-refractivity contribution in [1.82, 2.24) is 10.3 Å². The van der Waals surface area contributed by atoms with Crippen LogP contribution in [0.3, 0.4) is 0 Å². The van der Waals surface area contributed by atoms with E-state index in [1.807, 2.05) is 44.2 Å². The van der Waals surface area contributed by atoms with Crippen LogP contribution in [0, 0.1) is 13.8 Å². The molecule has 0 saturated heterocycles. The van der Waals surface area contributed by atoms with E-state index in [4.69, 9.17) is 16.3 Å². The van der Waals surface area contributed by atoms with Crippen LogP contribution in [0.1, 0.15) is 36.9 Å². The van der Waals surface area contributed by atoms with Gasteiger partial charge in [-0.1, -0.05) is 47.5 Å². The fourth-order valence-electron chi connectivity index (χ4n) is 3.65. The maximum absolute atomic E-state index is 13.0. The van der Waals surface area contributed by atoms with Gasteiger partial charge >= 0.3 is 5.97 Å². The molecule has 0 bridgehead atoms. The largest absolute Gasteiger partial charge is 0.496 e. The van der Waals surface area contributed by atoms with Crippen molar-refractivity contribution in [3.05, 3.63) is 92.9 Å². The van der Waals surface area contributed by atoms with Crippen molar-refractivity contribution in [3.63, 3.8) is 0 Å². The van der Waals surface area contributed by atoms with E-state index < -0.39 is 5.97 Å². The molecule has 0 atom stereocenters. The average Bonchev–Trinajstić information content (AvgIpc) is 3.24. The fourth-order valence-corrected chi connectivity index (χ4v) is 4.86. The van der Waals surface area contributed by atoms with E-state index >= 15 is 0 Å². The predicted octanol–water partition coefficient (Wildman–Crippen LogP) is 6.38. The molecule has 0 spiro atoms. The van der Waals surface area contributed by atoms with Gasteiger partial charge in [0.1, 0.15) is 15.6 Å². The number of carbonyl (C=O) groups is 2. The van der Waals surface area contributed by atoms with E-state index in [0.29, 0.717) is 26.9 Å². The van der Waals surface area contributed by atoms with Crippen LogP contribution in [-0.4, -0.2) is 29.1 Å². The number of thiazole rings is 1. The number of carboxylic acids is 1. The number of aromatic carboxylic acids is 1. The number of amides is 1. The van der Waals surface area contributed by atoms with Crippen molar-refractivity contribution in [3.8, 4) is 27.4 Å². The summed E-state index contributed by atoms with van der Waals surface area (Å²) < 4.78 is 5.47. The molecule has 0 radical (unpaired) electrons. The SMILES string of the molecule is COc1ccc(-c2cc(C(=O)O)ccc2Cl)cc1CNC(=O)c1sc(-c2ccc(C)cc2)nc1C. The summed E-state index contributed by atoms with van der Waals surface area (Å²) in [5.41, 5.74) is 4.98. The second-order valence-electron chi connectivity index (χ2n) is 8.01. The summed E-state index contributed by atoms with van der Waals surface area (Å²) in [6.45, 7) is 4.06. The Balaban J connectivity index is 1.57. The summed E-state index contributed by atoms with van der Waals surface area (Å²) >= 11 is 7.70. The number of rotatable bonds is 7. The Kier molecular flexibility index (Phi) is 7.19. The molecule has 6 nitrogen and oxygen atoms in total. The van der Waals surface area contributed by atoms with E-state index in [0.717, 1.165) is 27.3 Å². The van der Waals surface area contributed by atoms with E-state index in [1.165, 1.54) is 23.5 Å². The highest BCUT2D eigenvalue weighted by molar-refractivity contribution is 7.17. The van der Waals surface area contributed by atoms with Gasteiger partial charge in [0.15, 0.2) is 0 Å². The number of nitrogens with zero attached hydrogens (tertiary/aromatic N) is 1. The van der Waals surface area contributed by atoms with Crippen molar-refractivity contribution in [2.75, 3.05) is 7.11 Å². The lowest BCUT2D eigenvalue weighted by Crippen LogP contribution is -2.22. The van der Waals surface area contributed by atoms with Crippen LogP contribution in [0.15, 0.2) is 60.7 Å². The molecule has 0 aliphatic carbocycles. The molecule has 0 aliphatic heterocycles. The smallest absolute Gasteiger partial charge is 0.335 e. The van der Waals surface area contributed by atoms with Gasteiger partial charge in [0, 0.05) is 28.3 Å². The minimum atomic E-state index is -1.03. The quantitative estimate of drug-likeness (QED) is 0.303. The first kappa shape index (κ1) is 24.4. The lowest BCUT2D eigenvalue weighted by molar-refractivity contribution is 0.0696. The maximum Gasteiger partial charge on any atom is 0.335 e. The second kappa shape index (κ2) is 10.3. The van der Waals surface area contributed by atoms with Gasteiger partial charge in [-0.3, -0.25) is 4.79 Å². The molecule has 0 fully saturated rings. The Morgan fingerprint density at radius 1 is 1.03 bits per heavy atom. The molecule has 178 valence electrons. The molecule has 1 aromatic heterocycles. The number of hydrogen-bond donors (Lipinski definition) is 2. The molecule has 1 amide bonds. The molecule has 0 unspecified atom stereocenters. The first-order chi connectivity index (χ1) is 16.8. The Labute approximate surface area is 212 Å². The average molecular weight is 507 g/mol. The van der Waals surface area contributed by atoms with E-state index in [1.54, 1.807) is 25.3 Å². The van der Waals surface area contributed by atoms with Crippen LogP contribution in [0.5, 0.6) is 5.75 Å². The molecule has 8 heteroatoms. The lowest BCUT2D eigenvalue weighted by Gasteiger charge is -2.13. The zero-order chi connectivity index (χ0) is 25.1. The molecule has 4 rings (SSSR count). The number of nitrogens with one attached hydrogen (secondary N) is 1. The van der Waals surface area contributed by atoms with E-state index in [-0.39, 0.29) is 18.0 Å². The third-order valence-corrected chi connectivity index (χ3v) is 7.08. The molecule has 2 N–H and O–H groups in total. The first-order valence-corrected chi connectivity index (χ1v) is 12.0. The molecule has 0 aliphatic rings. The minimum Gasteiger partial charge on any atom is -0.496 e.